The number of anilines is 1. The van der Waals surface area contributed by atoms with Crippen molar-refractivity contribution >= 4 is 11.8 Å². The van der Waals surface area contributed by atoms with Crippen molar-refractivity contribution in [3.05, 3.63) is 59.8 Å². The van der Waals surface area contributed by atoms with Crippen molar-refractivity contribution in [2.24, 2.45) is 0 Å². The summed E-state index contributed by atoms with van der Waals surface area (Å²) in [6.07, 6.45) is 3.27. The first-order chi connectivity index (χ1) is 11.7. The van der Waals surface area contributed by atoms with Crippen LogP contribution in [0, 0.1) is 0 Å². The predicted octanol–water partition coefficient (Wildman–Crippen LogP) is 3.28. The van der Waals surface area contributed by atoms with Crippen LogP contribution >= 0.6 is 0 Å². The third-order valence-electron chi connectivity index (χ3n) is 4.93. The molecule has 5 heteroatoms. The molecule has 3 atom stereocenters. The lowest BCUT2D eigenvalue weighted by molar-refractivity contribution is 0.0299. The van der Waals surface area contributed by atoms with E-state index in [2.05, 4.69) is 22.0 Å². The van der Waals surface area contributed by atoms with Gasteiger partial charge in [-0.25, -0.2) is 9.78 Å². The number of pyridine rings is 1. The number of carbonyl (C=O) groups is 1. The van der Waals surface area contributed by atoms with Gasteiger partial charge in [0.25, 0.3) is 0 Å². The van der Waals surface area contributed by atoms with Gasteiger partial charge in [-0.2, -0.15) is 0 Å². The van der Waals surface area contributed by atoms with Crippen LogP contribution in [0.5, 0.6) is 0 Å². The third kappa shape index (κ3) is 2.76. The monoisotopic (exact) mass is 324 g/mol. The molecular weight excluding hydrogens is 304 g/mol. The zero-order valence-electron chi connectivity index (χ0n) is 13.3. The molecule has 0 aliphatic carbocycles. The minimum atomic E-state index is -0.991. The first-order valence-corrected chi connectivity index (χ1v) is 8.40. The summed E-state index contributed by atoms with van der Waals surface area (Å²) >= 11 is 0. The van der Waals surface area contributed by atoms with E-state index in [1.54, 1.807) is 6.07 Å². The zero-order valence-corrected chi connectivity index (χ0v) is 13.3. The summed E-state index contributed by atoms with van der Waals surface area (Å²) in [5.74, 6) is -0.253. The van der Waals surface area contributed by atoms with Crippen molar-refractivity contribution in [1.82, 2.24) is 4.98 Å². The van der Waals surface area contributed by atoms with Gasteiger partial charge in [-0.3, -0.25) is 0 Å². The van der Waals surface area contributed by atoms with Gasteiger partial charge in [-0.05, 0) is 30.5 Å². The molecule has 0 unspecified atom stereocenters. The lowest BCUT2D eigenvalue weighted by Crippen LogP contribution is -2.46. The highest BCUT2D eigenvalue weighted by Crippen LogP contribution is 2.40. The van der Waals surface area contributed by atoms with E-state index in [0.29, 0.717) is 0 Å². The highest BCUT2D eigenvalue weighted by Gasteiger charge is 2.42. The Bertz CT molecular complexity index is 734. The first kappa shape index (κ1) is 15.1. The standard InChI is InChI=1S/C19H20N2O3/c22-19(23)14-8-4-10-18(20-14)21-11-5-9-16-15(21)12-17(24-16)13-6-2-1-3-7-13/h1-4,6-8,10,15-17H,5,9,11-12H2,(H,22,23)/t15-,16-,17-/m0/s1. The van der Waals surface area contributed by atoms with Crippen LogP contribution in [0.25, 0.3) is 0 Å². The second kappa shape index (κ2) is 6.24. The van der Waals surface area contributed by atoms with Crippen LogP contribution in [0.3, 0.4) is 0 Å². The lowest BCUT2D eigenvalue weighted by Gasteiger charge is -2.37. The molecule has 2 aromatic rings. The number of fused-ring (bicyclic) bond motifs is 1. The molecule has 2 aliphatic rings. The van der Waals surface area contributed by atoms with Gasteiger partial charge in [0.15, 0.2) is 5.69 Å². The van der Waals surface area contributed by atoms with Gasteiger partial charge < -0.3 is 14.7 Å². The van der Waals surface area contributed by atoms with Gasteiger partial charge in [0, 0.05) is 13.0 Å². The number of ether oxygens (including phenoxy) is 1. The summed E-state index contributed by atoms with van der Waals surface area (Å²) in [4.78, 5) is 17.7. The number of hydrogen-bond donors (Lipinski definition) is 1. The Kier molecular flexibility index (Phi) is 3.94. The molecule has 24 heavy (non-hydrogen) atoms. The number of aromatic carboxylic acids is 1. The SMILES string of the molecule is O=C(O)c1cccc(N2CCC[C@@H]3O[C@H](c4ccccc4)C[C@@H]32)n1. The Morgan fingerprint density at radius 3 is 2.79 bits per heavy atom. The fraction of sp³-hybridized carbons (Fsp3) is 0.368. The quantitative estimate of drug-likeness (QED) is 0.939. The maximum atomic E-state index is 11.2. The molecule has 2 saturated heterocycles. The first-order valence-electron chi connectivity index (χ1n) is 8.40. The van der Waals surface area contributed by atoms with E-state index < -0.39 is 5.97 Å². The number of carboxylic acid groups (broad SMARTS) is 1. The summed E-state index contributed by atoms with van der Waals surface area (Å²) in [5.41, 5.74) is 1.30. The van der Waals surface area contributed by atoms with Crippen LogP contribution in [-0.4, -0.2) is 34.8 Å². The zero-order chi connectivity index (χ0) is 16.5. The Balaban J connectivity index is 1.59. The highest BCUT2D eigenvalue weighted by atomic mass is 16.5. The number of nitrogens with zero attached hydrogens (tertiary/aromatic N) is 2. The number of carboxylic acids is 1. The maximum Gasteiger partial charge on any atom is 0.354 e. The number of aromatic nitrogens is 1. The van der Waals surface area contributed by atoms with Crippen molar-refractivity contribution in [3.8, 4) is 0 Å². The van der Waals surface area contributed by atoms with Crippen LogP contribution in [0.1, 0.15) is 41.4 Å². The van der Waals surface area contributed by atoms with Crippen molar-refractivity contribution < 1.29 is 14.6 Å². The fourth-order valence-electron chi connectivity index (χ4n) is 3.81. The van der Waals surface area contributed by atoms with Crippen LogP contribution in [0.15, 0.2) is 48.5 Å². The molecule has 2 aliphatic heterocycles. The highest BCUT2D eigenvalue weighted by molar-refractivity contribution is 5.85. The minimum absolute atomic E-state index is 0.0909. The molecule has 1 N–H and O–H groups in total. The van der Waals surface area contributed by atoms with Crippen LogP contribution in [0.2, 0.25) is 0 Å². The van der Waals surface area contributed by atoms with E-state index in [1.165, 1.54) is 11.6 Å². The molecule has 2 fully saturated rings. The van der Waals surface area contributed by atoms with Crippen LogP contribution < -0.4 is 4.90 Å². The van der Waals surface area contributed by atoms with E-state index in [4.69, 9.17) is 4.74 Å². The molecule has 0 bridgehead atoms. The third-order valence-corrected chi connectivity index (χ3v) is 4.93. The molecule has 0 amide bonds. The van der Waals surface area contributed by atoms with E-state index in [0.717, 1.165) is 31.6 Å². The molecule has 0 saturated carbocycles. The number of benzene rings is 1. The Labute approximate surface area is 140 Å². The molecular formula is C19H20N2O3. The summed E-state index contributed by atoms with van der Waals surface area (Å²) < 4.78 is 6.30. The Hall–Kier alpha value is -2.40. The molecule has 3 heterocycles. The van der Waals surface area contributed by atoms with Gasteiger partial charge >= 0.3 is 5.97 Å². The lowest BCUT2D eigenvalue weighted by atomic mass is 9.95. The summed E-state index contributed by atoms with van der Waals surface area (Å²) in [7, 11) is 0. The van der Waals surface area contributed by atoms with E-state index in [-0.39, 0.29) is 23.9 Å². The fourth-order valence-corrected chi connectivity index (χ4v) is 3.81. The number of piperidine rings is 1. The predicted molar refractivity (Wildman–Crippen MR) is 90.2 cm³/mol. The molecule has 1 aromatic heterocycles. The second-order valence-electron chi connectivity index (χ2n) is 6.40. The number of hydrogen-bond acceptors (Lipinski definition) is 4. The van der Waals surface area contributed by atoms with Gasteiger partial charge in [-0.1, -0.05) is 36.4 Å². The average Bonchev–Trinajstić information content (AvgIpc) is 3.07. The summed E-state index contributed by atoms with van der Waals surface area (Å²) in [6.45, 7) is 0.891. The van der Waals surface area contributed by atoms with Crippen molar-refractivity contribution in [3.63, 3.8) is 0 Å². The molecule has 124 valence electrons. The summed E-state index contributed by atoms with van der Waals surface area (Å²) in [6, 6.07) is 15.7. The number of rotatable bonds is 3. The van der Waals surface area contributed by atoms with Crippen molar-refractivity contribution in [2.75, 3.05) is 11.4 Å². The molecule has 0 spiro atoms. The minimum Gasteiger partial charge on any atom is -0.477 e. The van der Waals surface area contributed by atoms with Crippen molar-refractivity contribution in [2.45, 2.75) is 37.5 Å². The Morgan fingerprint density at radius 2 is 2.00 bits per heavy atom. The van der Waals surface area contributed by atoms with Gasteiger partial charge in [0.1, 0.15) is 5.82 Å². The van der Waals surface area contributed by atoms with Gasteiger partial charge in [0.05, 0.1) is 18.2 Å². The van der Waals surface area contributed by atoms with Crippen LogP contribution in [-0.2, 0) is 4.74 Å². The van der Waals surface area contributed by atoms with E-state index in [9.17, 15) is 9.90 Å². The Morgan fingerprint density at radius 1 is 1.17 bits per heavy atom. The summed E-state index contributed by atoms with van der Waals surface area (Å²) in [5, 5.41) is 9.18. The van der Waals surface area contributed by atoms with E-state index >= 15 is 0 Å². The molecule has 5 nitrogen and oxygen atoms in total. The van der Waals surface area contributed by atoms with Gasteiger partial charge in [0.2, 0.25) is 0 Å². The van der Waals surface area contributed by atoms with Crippen LogP contribution in [0.4, 0.5) is 5.82 Å². The molecule has 4 rings (SSSR count). The topological polar surface area (TPSA) is 62.7 Å². The largest absolute Gasteiger partial charge is 0.477 e. The second-order valence-corrected chi connectivity index (χ2v) is 6.40. The molecule has 1 aromatic carbocycles. The van der Waals surface area contributed by atoms with Gasteiger partial charge in [-0.15, -0.1) is 0 Å². The maximum absolute atomic E-state index is 11.2. The van der Waals surface area contributed by atoms with Crippen molar-refractivity contribution in [1.29, 1.82) is 0 Å². The molecule has 0 radical (unpaired) electrons. The van der Waals surface area contributed by atoms with E-state index in [1.807, 2.05) is 24.3 Å². The normalized spacial score (nSPS) is 26.2. The smallest absolute Gasteiger partial charge is 0.354 e. The average molecular weight is 324 g/mol.